The fourth-order valence-electron chi connectivity index (χ4n) is 1.92. The van der Waals surface area contributed by atoms with Gasteiger partial charge in [0.2, 0.25) is 0 Å². The highest BCUT2D eigenvalue weighted by Crippen LogP contribution is 2.31. The van der Waals surface area contributed by atoms with Crippen LogP contribution in [0.25, 0.3) is 10.1 Å². The second kappa shape index (κ2) is 5.61. The molecule has 100 valence electrons. The van der Waals surface area contributed by atoms with Crippen LogP contribution >= 0.6 is 22.9 Å². The maximum atomic E-state index is 6.03. The number of rotatable bonds is 3. The van der Waals surface area contributed by atoms with E-state index in [1.807, 2.05) is 42.6 Å². The van der Waals surface area contributed by atoms with Crippen LogP contribution in [0.5, 0.6) is 0 Å². The zero-order chi connectivity index (χ0) is 13.9. The highest BCUT2D eigenvalue weighted by Gasteiger charge is 2.06. The lowest BCUT2D eigenvalue weighted by molar-refractivity contribution is 1.23. The van der Waals surface area contributed by atoms with Gasteiger partial charge in [0, 0.05) is 15.9 Å². The number of anilines is 1. The van der Waals surface area contributed by atoms with Gasteiger partial charge in [0.15, 0.2) is 0 Å². The number of thiophene rings is 1. The van der Waals surface area contributed by atoms with Crippen molar-refractivity contribution in [3.8, 4) is 0 Å². The predicted octanol–water partition coefficient (Wildman–Crippen LogP) is 4.70. The molecule has 0 saturated carbocycles. The number of pyridine rings is 1. The van der Waals surface area contributed by atoms with Crippen LogP contribution in [0.15, 0.2) is 47.7 Å². The molecule has 20 heavy (non-hydrogen) atoms. The summed E-state index contributed by atoms with van der Waals surface area (Å²) >= 11 is 7.73. The van der Waals surface area contributed by atoms with E-state index in [-0.39, 0.29) is 0 Å². The van der Waals surface area contributed by atoms with Crippen molar-refractivity contribution >= 4 is 45.1 Å². The van der Waals surface area contributed by atoms with Crippen molar-refractivity contribution in [2.24, 2.45) is 5.10 Å². The maximum Gasteiger partial charge on any atom is 0.146 e. The van der Waals surface area contributed by atoms with Crippen LogP contribution in [0, 0.1) is 6.92 Å². The van der Waals surface area contributed by atoms with E-state index >= 15 is 0 Å². The largest absolute Gasteiger partial charge is 0.261 e. The zero-order valence-corrected chi connectivity index (χ0v) is 12.4. The van der Waals surface area contributed by atoms with Gasteiger partial charge < -0.3 is 0 Å². The molecule has 2 aromatic heterocycles. The standard InChI is InChI=1S/C15H12ClN3S/c1-10-12-8-11(16)5-6-13(12)20-14(10)9-18-19-15-4-2-3-7-17-15/h2-9H,1H3,(H,17,19)/b18-9-. The summed E-state index contributed by atoms with van der Waals surface area (Å²) in [5.74, 6) is 0.727. The Kier molecular flexibility index (Phi) is 3.67. The van der Waals surface area contributed by atoms with Crippen molar-refractivity contribution in [2.75, 3.05) is 5.43 Å². The lowest BCUT2D eigenvalue weighted by atomic mass is 10.1. The van der Waals surface area contributed by atoms with Crippen molar-refractivity contribution in [1.29, 1.82) is 0 Å². The van der Waals surface area contributed by atoms with Crippen LogP contribution in [-0.4, -0.2) is 11.2 Å². The van der Waals surface area contributed by atoms with Crippen molar-refractivity contribution in [3.05, 3.63) is 58.1 Å². The molecule has 2 heterocycles. The van der Waals surface area contributed by atoms with Crippen LogP contribution in [0.4, 0.5) is 5.82 Å². The summed E-state index contributed by atoms with van der Waals surface area (Å²) in [4.78, 5) is 5.26. The van der Waals surface area contributed by atoms with Gasteiger partial charge in [-0.25, -0.2) is 4.98 Å². The van der Waals surface area contributed by atoms with Crippen molar-refractivity contribution in [1.82, 2.24) is 4.98 Å². The number of fused-ring (bicyclic) bond motifs is 1. The van der Waals surface area contributed by atoms with Crippen LogP contribution < -0.4 is 5.43 Å². The highest BCUT2D eigenvalue weighted by atomic mass is 35.5. The van der Waals surface area contributed by atoms with Gasteiger partial charge in [0.1, 0.15) is 5.82 Å². The molecule has 0 fully saturated rings. The number of hydrogen-bond acceptors (Lipinski definition) is 4. The molecule has 0 amide bonds. The number of nitrogens with zero attached hydrogens (tertiary/aromatic N) is 2. The normalized spacial score (nSPS) is 11.3. The predicted molar refractivity (Wildman–Crippen MR) is 87.0 cm³/mol. The Morgan fingerprint density at radius 3 is 3.00 bits per heavy atom. The van der Waals surface area contributed by atoms with Gasteiger partial charge in [-0.15, -0.1) is 11.3 Å². The molecule has 0 aliphatic carbocycles. The molecule has 1 aromatic carbocycles. The number of benzene rings is 1. The molecule has 0 aliphatic rings. The van der Waals surface area contributed by atoms with E-state index in [4.69, 9.17) is 11.6 Å². The van der Waals surface area contributed by atoms with E-state index in [0.29, 0.717) is 0 Å². The molecule has 0 saturated heterocycles. The Hall–Kier alpha value is -1.91. The first-order valence-electron chi connectivity index (χ1n) is 6.13. The lowest BCUT2D eigenvalue weighted by Crippen LogP contribution is -1.92. The summed E-state index contributed by atoms with van der Waals surface area (Å²) in [6.45, 7) is 2.08. The van der Waals surface area contributed by atoms with Crippen molar-refractivity contribution in [2.45, 2.75) is 6.92 Å². The highest BCUT2D eigenvalue weighted by molar-refractivity contribution is 7.20. The third kappa shape index (κ3) is 2.66. The summed E-state index contributed by atoms with van der Waals surface area (Å²) in [6.07, 6.45) is 3.55. The lowest BCUT2D eigenvalue weighted by Gasteiger charge is -1.96. The summed E-state index contributed by atoms with van der Waals surface area (Å²) in [5.41, 5.74) is 4.11. The summed E-state index contributed by atoms with van der Waals surface area (Å²) in [5, 5.41) is 6.17. The van der Waals surface area contributed by atoms with E-state index in [1.54, 1.807) is 17.5 Å². The molecular formula is C15H12ClN3S. The van der Waals surface area contributed by atoms with Crippen molar-refractivity contribution in [3.63, 3.8) is 0 Å². The Morgan fingerprint density at radius 1 is 1.30 bits per heavy atom. The molecule has 0 spiro atoms. The topological polar surface area (TPSA) is 37.3 Å². The van der Waals surface area contributed by atoms with E-state index < -0.39 is 0 Å². The van der Waals surface area contributed by atoms with Crippen LogP contribution in [0.2, 0.25) is 5.02 Å². The van der Waals surface area contributed by atoms with Crippen LogP contribution in [0.3, 0.4) is 0 Å². The number of aromatic nitrogens is 1. The first-order valence-corrected chi connectivity index (χ1v) is 7.32. The number of halogens is 1. The SMILES string of the molecule is Cc1c(/C=N\Nc2ccccn2)sc2ccc(Cl)cc12. The monoisotopic (exact) mass is 301 g/mol. The molecule has 0 atom stereocenters. The Morgan fingerprint density at radius 2 is 2.20 bits per heavy atom. The van der Waals surface area contributed by atoms with Gasteiger partial charge in [0.25, 0.3) is 0 Å². The fraction of sp³-hybridized carbons (Fsp3) is 0.0667. The van der Waals surface area contributed by atoms with Gasteiger partial charge in [-0.1, -0.05) is 17.7 Å². The first-order chi connectivity index (χ1) is 9.74. The number of nitrogens with one attached hydrogen (secondary N) is 1. The molecule has 1 N–H and O–H groups in total. The third-order valence-corrected chi connectivity index (χ3v) is 4.40. The minimum atomic E-state index is 0.727. The Bertz CT molecular complexity index is 765. The van der Waals surface area contributed by atoms with Gasteiger partial charge in [-0.05, 0) is 48.2 Å². The van der Waals surface area contributed by atoms with E-state index in [2.05, 4.69) is 22.4 Å². The maximum absolute atomic E-state index is 6.03. The number of aryl methyl sites for hydroxylation is 1. The van der Waals surface area contributed by atoms with Crippen LogP contribution in [-0.2, 0) is 0 Å². The molecule has 0 bridgehead atoms. The van der Waals surface area contributed by atoms with E-state index in [1.165, 1.54) is 15.6 Å². The average molecular weight is 302 g/mol. The van der Waals surface area contributed by atoms with Crippen LogP contribution in [0.1, 0.15) is 10.4 Å². The van der Waals surface area contributed by atoms with Gasteiger partial charge >= 0.3 is 0 Å². The number of hydrazone groups is 1. The summed E-state index contributed by atoms with van der Waals surface area (Å²) in [7, 11) is 0. The minimum absolute atomic E-state index is 0.727. The molecule has 3 nitrogen and oxygen atoms in total. The average Bonchev–Trinajstić information content (AvgIpc) is 2.77. The molecule has 0 aliphatic heterocycles. The third-order valence-electron chi connectivity index (χ3n) is 2.96. The minimum Gasteiger partial charge on any atom is -0.261 e. The van der Waals surface area contributed by atoms with Crippen molar-refractivity contribution < 1.29 is 0 Å². The van der Waals surface area contributed by atoms with Gasteiger partial charge in [-0.3, -0.25) is 5.43 Å². The van der Waals surface area contributed by atoms with Gasteiger partial charge in [0.05, 0.1) is 11.1 Å². The van der Waals surface area contributed by atoms with E-state index in [0.717, 1.165) is 15.7 Å². The Labute approximate surface area is 125 Å². The Balaban J connectivity index is 1.86. The number of hydrogen-bond donors (Lipinski definition) is 1. The first kappa shape index (κ1) is 13.1. The second-order valence-electron chi connectivity index (χ2n) is 4.32. The van der Waals surface area contributed by atoms with E-state index in [9.17, 15) is 0 Å². The molecule has 3 rings (SSSR count). The summed E-state index contributed by atoms with van der Waals surface area (Å²) in [6, 6.07) is 11.6. The molecule has 3 aromatic rings. The molecule has 5 heteroatoms. The molecule has 0 radical (unpaired) electrons. The molecule has 0 unspecified atom stereocenters. The zero-order valence-electron chi connectivity index (χ0n) is 10.8. The molecular weight excluding hydrogens is 290 g/mol. The van der Waals surface area contributed by atoms with Gasteiger partial charge in [-0.2, -0.15) is 5.10 Å². The second-order valence-corrected chi connectivity index (χ2v) is 5.84. The summed E-state index contributed by atoms with van der Waals surface area (Å²) < 4.78 is 1.21. The quantitative estimate of drug-likeness (QED) is 0.562. The smallest absolute Gasteiger partial charge is 0.146 e. The fourth-order valence-corrected chi connectivity index (χ4v) is 3.16.